The number of pyridine rings is 1. The van der Waals surface area contributed by atoms with Crippen molar-refractivity contribution in [1.82, 2.24) is 24.8 Å². The van der Waals surface area contributed by atoms with Crippen LogP contribution in [0.3, 0.4) is 0 Å². The lowest BCUT2D eigenvalue weighted by Crippen LogP contribution is -2.56. The first-order valence-electron chi connectivity index (χ1n) is 11.3. The summed E-state index contributed by atoms with van der Waals surface area (Å²) < 4.78 is 35.1. The average molecular weight is 493 g/mol. The lowest BCUT2D eigenvalue weighted by Gasteiger charge is -2.40. The second-order valence-electron chi connectivity index (χ2n) is 9.43. The summed E-state index contributed by atoms with van der Waals surface area (Å²) in [6, 6.07) is -0.712. The number of halogens is 3. The Bertz CT molecular complexity index is 1180. The number of alkyl halides is 1. The Morgan fingerprint density at radius 2 is 2.03 bits per heavy atom. The van der Waals surface area contributed by atoms with Crippen LogP contribution in [0.4, 0.5) is 19.4 Å². The smallest absolute Gasteiger partial charge is 0.408 e. The molecule has 1 N–H and O–H groups in total. The van der Waals surface area contributed by atoms with E-state index in [0.717, 1.165) is 19.4 Å². The molecule has 6 rings (SSSR count). The Morgan fingerprint density at radius 1 is 1.26 bits per heavy atom. The SMILES string of the molecule is O=C(O)N1[C@@H]2C=C[C@H]1CN(c1nc(OC[C@@]34CCCN3C[C@H](F)C4)nc3c(F)c(Cl)ncc13)C2. The molecule has 0 spiro atoms. The van der Waals surface area contributed by atoms with E-state index in [0.29, 0.717) is 37.3 Å². The fourth-order valence-electron chi connectivity index (χ4n) is 5.92. The molecule has 0 saturated carbocycles. The Balaban J connectivity index is 1.34. The van der Waals surface area contributed by atoms with E-state index < -0.39 is 23.6 Å². The Hall–Kier alpha value is -2.79. The first-order chi connectivity index (χ1) is 16.3. The Morgan fingerprint density at radius 3 is 2.76 bits per heavy atom. The molecule has 0 aliphatic carbocycles. The number of fused-ring (bicyclic) bond motifs is 4. The highest BCUT2D eigenvalue weighted by atomic mass is 35.5. The third-order valence-corrected chi connectivity index (χ3v) is 7.70. The van der Waals surface area contributed by atoms with Crippen molar-refractivity contribution in [2.24, 2.45) is 0 Å². The normalized spacial score (nSPS) is 30.4. The van der Waals surface area contributed by atoms with Crippen LogP contribution in [-0.4, -0.2) is 92.5 Å². The predicted octanol–water partition coefficient (Wildman–Crippen LogP) is 2.88. The van der Waals surface area contributed by atoms with Crippen molar-refractivity contribution in [1.29, 1.82) is 0 Å². The zero-order valence-electron chi connectivity index (χ0n) is 18.2. The van der Waals surface area contributed by atoms with Gasteiger partial charge in [-0.3, -0.25) is 9.80 Å². The average Bonchev–Trinajstić information content (AvgIpc) is 3.42. The second kappa shape index (κ2) is 7.88. The molecule has 1 amide bonds. The van der Waals surface area contributed by atoms with E-state index in [1.165, 1.54) is 11.1 Å². The van der Waals surface area contributed by atoms with Gasteiger partial charge in [0.2, 0.25) is 0 Å². The van der Waals surface area contributed by atoms with Crippen LogP contribution in [0, 0.1) is 5.82 Å². The molecule has 0 unspecified atom stereocenters. The van der Waals surface area contributed by atoms with Crippen molar-refractivity contribution in [3.8, 4) is 6.01 Å². The number of nitrogens with zero attached hydrogens (tertiary/aromatic N) is 6. The standard InChI is InChI=1S/C22H23ClF2N6O3/c23-18-16(25)17-15(7-26-18)19(29-9-13-2-3-14(10-29)31(13)21(32)33)28-20(27-17)34-11-22-4-1-5-30(22)8-12(24)6-22/h2-3,7,12-14H,1,4-6,8-11H2,(H,32,33)/t12-,13-,14+,22+/m1/s1. The minimum absolute atomic E-state index is 0.0171. The highest BCUT2D eigenvalue weighted by molar-refractivity contribution is 6.30. The number of amides is 1. The summed E-state index contributed by atoms with van der Waals surface area (Å²) in [6.07, 6.45) is 5.44. The molecule has 2 bridgehead atoms. The molecule has 4 aliphatic rings. The van der Waals surface area contributed by atoms with Crippen LogP contribution < -0.4 is 9.64 Å². The van der Waals surface area contributed by atoms with Crippen LogP contribution >= 0.6 is 11.6 Å². The van der Waals surface area contributed by atoms with Gasteiger partial charge in [-0.2, -0.15) is 9.97 Å². The predicted molar refractivity (Wildman–Crippen MR) is 120 cm³/mol. The van der Waals surface area contributed by atoms with Crippen molar-refractivity contribution in [3.63, 3.8) is 0 Å². The van der Waals surface area contributed by atoms with Gasteiger partial charge in [0.15, 0.2) is 11.0 Å². The zero-order valence-corrected chi connectivity index (χ0v) is 19.0. The van der Waals surface area contributed by atoms with E-state index in [9.17, 15) is 18.7 Å². The second-order valence-corrected chi connectivity index (χ2v) is 9.79. The highest BCUT2D eigenvalue weighted by Crippen LogP contribution is 2.41. The van der Waals surface area contributed by atoms with Gasteiger partial charge >= 0.3 is 12.1 Å². The number of carboxylic acid groups (broad SMARTS) is 1. The summed E-state index contributed by atoms with van der Waals surface area (Å²) in [4.78, 5) is 29.9. The van der Waals surface area contributed by atoms with Gasteiger partial charge in [-0.1, -0.05) is 23.8 Å². The first-order valence-corrected chi connectivity index (χ1v) is 11.7. The van der Waals surface area contributed by atoms with Gasteiger partial charge in [0.05, 0.1) is 23.0 Å². The summed E-state index contributed by atoms with van der Waals surface area (Å²) >= 11 is 5.93. The van der Waals surface area contributed by atoms with Crippen LogP contribution in [0.1, 0.15) is 19.3 Å². The third kappa shape index (κ3) is 3.36. The molecule has 0 radical (unpaired) electrons. The largest absolute Gasteiger partial charge is 0.465 e. The van der Waals surface area contributed by atoms with Gasteiger partial charge in [0, 0.05) is 32.3 Å². The highest BCUT2D eigenvalue weighted by Gasteiger charge is 2.49. The van der Waals surface area contributed by atoms with Crippen LogP contribution in [0.2, 0.25) is 5.15 Å². The number of hydrogen-bond acceptors (Lipinski definition) is 7. The number of hydrogen-bond donors (Lipinski definition) is 1. The summed E-state index contributed by atoms with van der Waals surface area (Å²) in [7, 11) is 0. The van der Waals surface area contributed by atoms with Gasteiger partial charge in [-0.15, -0.1) is 0 Å². The molecule has 9 nitrogen and oxygen atoms in total. The number of anilines is 1. The topological polar surface area (TPSA) is 94.9 Å². The van der Waals surface area contributed by atoms with Crippen molar-refractivity contribution in [2.75, 3.05) is 37.7 Å². The van der Waals surface area contributed by atoms with E-state index in [-0.39, 0.29) is 35.4 Å². The summed E-state index contributed by atoms with van der Waals surface area (Å²) in [6.45, 7) is 2.12. The van der Waals surface area contributed by atoms with E-state index in [2.05, 4.69) is 19.9 Å². The minimum Gasteiger partial charge on any atom is -0.465 e. The molecular formula is C22H23ClF2N6O3. The molecule has 2 aromatic rings. The first kappa shape index (κ1) is 21.7. The number of rotatable bonds is 4. The number of aromatic nitrogens is 3. The minimum atomic E-state index is -0.987. The summed E-state index contributed by atoms with van der Waals surface area (Å²) in [5, 5.41) is 9.60. The van der Waals surface area contributed by atoms with Gasteiger partial charge in [-0.25, -0.2) is 18.6 Å². The molecule has 2 aromatic heterocycles. The lowest BCUT2D eigenvalue weighted by atomic mass is 9.95. The molecule has 3 saturated heterocycles. The molecule has 4 atom stereocenters. The molecule has 3 fully saturated rings. The van der Waals surface area contributed by atoms with Crippen molar-refractivity contribution < 1.29 is 23.4 Å². The third-order valence-electron chi connectivity index (χ3n) is 7.44. The van der Waals surface area contributed by atoms with E-state index in [4.69, 9.17) is 16.3 Å². The fourth-order valence-corrected chi connectivity index (χ4v) is 6.06. The molecule has 6 heterocycles. The molecule has 12 heteroatoms. The van der Waals surface area contributed by atoms with Gasteiger partial charge < -0.3 is 14.7 Å². The maximum atomic E-state index is 15.0. The van der Waals surface area contributed by atoms with Crippen molar-refractivity contribution in [3.05, 3.63) is 29.3 Å². The quantitative estimate of drug-likeness (QED) is 0.514. The van der Waals surface area contributed by atoms with Gasteiger partial charge in [0.25, 0.3) is 0 Å². The molecule has 180 valence electrons. The molecule has 4 aliphatic heterocycles. The Kier molecular flexibility index (Phi) is 5.03. The van der Waals surface area contributed by atoms with Crippen molar-refractivity contribution >= 4 is 34.4 Å². The number of ether oxygens (including phenoxy) is 1. The van der Waals surface area contributed by atoms with Crippen LogP contribution in [0.5, 0.6) is 6.01 Å². The van der Waals surface area contributed by atoms with Gasteiger partial charge in [-0.05, 0) is 19.4 Å². The summed E-state index contributed by atoms with van der Waals surface area (Å²) in [5.74, 6) is -0.370. The maximum absolute atomic E-state index is 15.0. The van der Waals surface area contributed by atoms with Gasteiger partial charge in [0.1, 0.15) is 24.1 Å². The monoisotopic (exact) mass is 492 g/mol. The van der Waals surface area contributed by atoms with Crippen LogP contribution in [0.15, 0.2) is 18.3 Å². The van der Waals surface area contributed by atoms with Crippen LogP contribution in [-0.2, 0) is 0 Å². The fraction of sp³-hybridized carbons (Fsp3) is 0.545. The van der Waals surface area contributed by atoms with Crippen molar-refractivity contribution in [2.45, 2.75) is 43.1 Å². The molecular weight excluding hydrogens is 470 g/mol. The number of piperazine rings is 1. The van der Waals surface area contributed by atoms with Crippen LogP contribution in [0.25, 0.3) is 10.9 Å². The summed E-state index contributed by atoms with van der Waals surface area (Å²) in [5.41, 5.74) is -0.417. The van der Waals surface area contributed by atoms with E-state index in [1.54, 1.807) is 0 Å². The zero-order chi connectivity index (χ0) is 23.6. The molecule has 0 aromatic carbocycles. The lowest BCUT2D eigenvalue weighted by molar-refractivity contribution is 0.107. The Labute approximate surface area is 199 Å². The number of carbonyl (C=O) groups is 1. The maximum Gasteiger partial charge on any atom is 0.408 e. The van der Waals surface area contributed by atoms with E-state index in [1.807, 2.05) is 17.1 Å². The van der Waals surface area contributed by atoms with E-state index >= 15 is 0 Å². The molecule has 34 heavy (non-hydrogen) atoms.